The van der Waals surface area contributed by atoms with Gasteiger partial charge in [-0.3, -0.25) is 4.79 Å². The number of carbonyl (C=O) groups is 1. The Labute approximate surface area is 166 Å². The van der Waals surface area contributed by atoms with Crippen molar-refractivity contribution in [3.8, 4) is 17.1 Å². The van der Waals surface area contributed by atoms with E-state index in [2.05, 4.69) is 20.3 Å². The van der Waals surface area contributed by atoms with E-state index in [0.717, 1.165) is 11.1 Å². The zero-order valence-electron chi connectivity index (χ0n) is 15.3. The molecule has 4 rings (SSSR count). The van der Waals surface area contributed by atoms with E-state index in [1.165, 1.54) is 7.11 Å². The molecule has 0 aliphatic heterocycles. The maximum Gasteiger partial charge on any atom is 0.259 e. The lowest BCUT2D eigenvalue weighted by atomic mass is 10.1. The van der Waals surface area contributed by atoms with Gasteiger partial charge in [0.1, 0.15) is 11.6 Å². The molecule has 2 aromatic carbocycles. The van der Waals surface area contributed by atoms with E-state index in [4.69, 9.17) is 16.3 Å². The predicted octanol–water partition coefficient (Wildman–Crippen LogP) is 4.85. The average molecular weight is 393 g/mol. The van der Waals surface area contributed by atoms with E-state index >= 15 is 0 Å². The number of hydrogen-bond donors (Lipinski definition) is 2. The number of anilines is 1. The van der Waals surface area contributed by atoms with Crippen LogP contribution in [-0.4, -0.2) is 28.0 Å². The molecule has 2 aromatic heterocycles. The van der Waals surface area contributed by atoms with Crippen LogP contribution >= 0.6 is 11.6 Å². The van der Waals surface area contributed by atoms with Gasteiger partial charge >= 0.3 is 0 Å². The topological polar surface area (TPSA) is 79.9 Å². The number of aromatic nitrogens is 3. The largest absolute Gasteiger partial charge is 0.496 e. The number of methoxy groups -OCH3 is 1. The summed E-state index contributed by atoms with van der Waals surface area (Å²) < 4.78 is 5.26. The molecule has 1 amide bonds. The van der Waals surface area contributed by atoms with E-state index in [0.29, 0.717) is 39.1 Å². The summed E-state index contributed by atoms with van der Waals surface area (Å²) in [5.74, 6) is 0.826. The molecule has 2 N–H and O–H groups in total. The third-order valence-electron chi connectivity index (χ3n) is 4.31. The molecule has 0 bridgehead atoms. The number of nitrogens with one attached hydrogen (secondary N) is 2. The number of imidazole rings is 1. The summed E-state index contributed by atoms with van der Waals surface area (Å²) >= 11 is 6.38. The number of nitrogens with zero attached hydrogens (tertiary/aromatic N) is 2. The molecule has 0 saturated carbocycles. The standard InChI is InChI=1S/C21H17ClN4O2/c1-12-9-17-20(23-11-12)26-19(25-17)15-10-13(7-8-16(15)22)24-21(27)14-5-3-4-6-18(14)28-2/h3-11H,1-2H3,(H,24,27)(H,23,25,26). The Bertz CT molecular complexity index is 1190. The Hall–Kier alpha value is -3.38. The van der Waals surface area contributed by atoms with Crippen LogP contribution in [0.15, 0.2) is 54.7 Å². The Balaban J connectivity index is 1.67. The number of halogens is 1. The maximum absolute atomic E-state index is 12.6. The zero-order valence-corrected chi connectivity index (χ0v) is 16.0. The summed E-state index contributed by atoms with van der Waals surface area (Å²) in [4.78, 5) is 24.7. The third kappa shape index (κ3) is 3.42. The SMILES string of the molecule is COc1ccccc1C(=O)Nc1ccc(Cl)c(-c2nc3ncc(C)cc3[nH]2)c1. The second-order valence-electron chi connectivity index (χ2n) is 6.32. The Morgan fingerprint density at radius 2 is 2.00 bits per heavy atom. The molecule has 0 saturated heterocycles. The molecular weight excluding hydrogens is 376 g/mol. The van der Waals surface area contributed by atoms with Crippen molar-refractivity contribution in [1.29, 1.82) is 0 Å². The first kappa shape index (κ1) is 18.0. The van der Waals surface area contributed by atoms with Crippen molar-refractivity contribution in [1.82, 2.24) is 15.0 Å². The molecule has 0 radical (unpaired) electrons. The fourth-order valence-corrected chi connectivity index (χ4v) is 3.15. The van der Waals surface area contributed by atoms with Crippen LogP contribution in [0.1, 0.15) is 15.9 Å². The number of pyridine rings is 1. The van der Waals surface area contributed by atoms with Crippen LogP contribution in [0.5, 0.6) is 5.75 Å². The predicted molar refractivity (Wildman–Crippen MR) is 110 cm³/mol. The van der Waals surface area contributed by atoms with Gasteiger partial charge in [0.2, 0.25) is 0 Å². The van der Waals surface area contributed by atoms with E-state index < -0.39 is 0 Å². The van der Waals surface area contributed by atoms with Gasteiger partial charge in [0.05, 0.1) is 23.2 Å². The van der Waals surface area contributed by atoms with Gasteiger partial charge in [-0.05, 0) is 48.9 Å². The van der Waals surface area contributed by atoms with Crippen LogP contribution in [0, 0.1) is 6.92 Å². The first-order chi connectivity index (χ1) is 13.5. The fraction of sp³-hybridized carbons (Fsp3) is 0.0952. The monoisotopic (exact) mass is 392 g/mol. The number of rotatable bonds is 4. The van der Waals surface area contributed by atoms with Gasteiger partial charge in [-0.25, -0.2) is 9.97 Å². The van der Waals surface area contributed by atoms with Crippen molar-refractivity contribution >= 4 is 34.4 Å². The van der Waals surface area contributed by atoms with Crippen LogP contribution in [0.3, 0.4) is 0 Å². The highest BCUT2D eigenvalue weighted by atomic mass is 35.5. The number of aromatic amines is 1. The molecule has 140 valence electrons. The number of benzene rings is 2. The van der Waals surface area contributed by atoms with Crippen LogP contribution < -0.4 is 10.1 Å². The highest BCUT2D eigenvalue weighted by molar-refractivity contribution is 6.33. The number of H-pyrrole nitrogens is 1. The Morgan fingerprint density at radius 3 is 2.82 bits per heavy atom. The minimum atomic E-state index is -0.271. The smallest absolute Gasteiger partial charge is 0.259 e. The van der Waals surface area contributed by atoms with E-state index in [9.17, 15) is 4.79 Å². The van der Waals surface area contributed by atoms with Crippen LogP contribution in [-0.2, 0) is 0 Å². The zero-order chi connectivity index (χ0) is 19.7. The van der Waals surface area contributed by atoms with Crippen LogP contribution in [0.25, 0.3) is 22.6 Å². The lowest BCUT2D eigenvalue weighted by molar-refractivity contribution is 0.102. The minimum absolute atomic E-state index is 0.271. The number of carbonyl (C=O) groups excluding carboxylic acids is 1. The third-order valence-corrected chi connectivity index (χ3v) is 4.63. The maximum atomic E-state index is 12.6. The van der Waals surface area contributed by atoms with E-state index in [1.54, 1.807) is 42.6 Å². The van der Waals surface area contributed by atoms with Gasteiger partial charge in [-0.15, -0.1) is 0 Å². The molecule has 0 aliphatic rings. The van der Waals surface area contributed by atoms with Crippen molar-refractivity contribution < 1.29 is 9.53 Å². The van der Waals surface area contributed by atoms with Crippen LogP contribution in [0.4, 0.5) is 5.69 Å². The molecule has 0 unspecified atom stereocenters. The summed E-state index contributed by atoms with van der Waals surface area (Å²) in [7, 11) is 1.53. The quantitative estimate of drug-likeness (QED) is 0.520. The first-order valence-electron chi connectivity index (χ1n) is 8.62. The second kappa shape index (κ2) is 7.32. The second-order valence-corrected chi connectivity index (χ2v) is 6.73. The van der Waals surface area contributed by atoms with Gasteiger partial charge in [0.15, 0.2) is 5.65 Å². The lowest BCUT2D eigenvalue weighted by Crippen LogP contribution is -2.13. The van der Waals surface area contributed by atoms with Crippen molar-refractivity contribution in [2.75, 3.05) is 12.4 Å². The van der Waals surface area contributed by atoms with Gasteiger partial charge in [0.25, 0.3) is 5.91 Å². The number of aryl methyl sites for hydroxylation is 1. The highest BCUT2D eigenvalue weighted by Gasteiger charge is 2.14. The normalized spacial score (nSPS) is 10.8. The van der Waals surface area contributed by atoms with Crippen molar-refractivity contribution in [2.45, 2.75) is 6.92 Å². The van der Waals surface area contributed by atoms with E-state index in [-0.39, 0.29) is 5.91 Å². The Kier molecular flexibility index (Phi) is 4.71. The number of hydrogen-bond acceptors (Lipinski definition) is 4. The summed E-state index contributed by atoms with van der Waals surface area (Å²) in [6, 6.07) is 14.3. The molecule has 0 spiro atoms. The molecule has 2 heterocycles. The van der Waals surface area contributed by atoms with Gasteiger partial charge in [-0.1, -0.05) is 23.7 Å². The van der Waals surface area contributed by atoms with Crippen LogP contribution in [0.2, 0.25) is 5.02 Å². The number of fused-ring (bicyclic) bond motifs is 1. The Morgan fingerprint density at radius 1 is 1.18 bits per heavy atom. The molecule has 7 heteroatoms. The fourth-order valence-electron chi connectivity index (χ4n) is 2.95. The molecular formula is C21H17ClN4O2. The molecule has 4 aromatic rings. The summed E-state index contributed by atoms with van der Waals surface area (Å²) in [5.41, 5.74) is 4.20. The summed E-state index contributed by atoms with van der Waals surface area (Å²) in [6.45, 7) is 1.97. The molecule has 6 nitrogen and oxygen atoms in total. The summed E-state index contributed by atoms with van der Waals surface area (Å²) in [5, 5.41) is 3.40. The summed E-state index contributed by atoms with van der Waals surface area (Å²) in [6.07, 6.45) is 1.76. The number of amides is 1. The molecule has 0 atom stereocenters. The van der Waals surface area contributed by atoms with Gasteiger partial charge < -0.3 is 15.0 Å². The molecule has 28 heavy (non-hydrogen) atoms. The molecule has 0 aliphatic carbocycles. The number of para-hydroxylation sites is 1. The first-order valence-corrected chi connectivity index (χ1v) is 8.99. The minimum Gasteiger partial charge on any atom is -0.496 e. The lowest BCUT2D eigenvalue weighted by Gasteiger charge is -2.10. The average Bonchev–Trinajstić information content (AvgIpc) is 3.12. The van der Waals surface area contributed by atoms with E-state index in [1.807, 2.05) is 19.1 Å². The van der Waals surface area contributed by atoms with Crippen molar-refractivity contribution in [3.05, 3.63) is 70.9 Å². The molecule has 0 fully saturated rings. The highest BCUT2D eigenvalue weighted by Crippen LogP contribution is 2.30. The van der Waals surface area contributed by atoms with Crippen molar-refractivity contribution in [3.63, 3.8) is 0 Å². The van der Waals surface area contributed by atoms with Gasteiger partial charge in [0, 0.05) is 17.4 Å². The van der Waals surface area contributed by atoms with Crippen molar-refractivity contribution in [2.24, 2.45) is 0 Å². The van der Waals surface area contributed by atoms with Gasteiger partial charge in [-0.2, -0.15) is 0 Å². The number of ether oxygens (including phenoxy) is 1.